The monoisotopic (exact) mass is 295 g/mol. The summed E-state index contributed by atoms with van der Waals surface area (Å²) in [6.45, 7) is 0. The van der Waals surface area contributed by atoms with Gasteiger partial charge in [-0.1, -0.05) is 34.8 Å². The van der Waals surface area contributed by atoms with E-state index in [1.807, 2.05) is 0 Å². The van der Waals surface area contributed by atoms with Crippen molar-refractivity contribution in [3.05, 3.63) is 11.2 Å². The molecule has 0 aromatic rings. The molecule has 0 saturated heterocycles. The van der Waals surface area contributed by atoms with Gasteiger partial charge in [-0.3, -0.25) is 0 Å². The highest BCUT2D eigenvalue weighted by Crippen LogP contribution is 2.38. The van der Waals surface area contributed by atoms with E-state index in [0.717, 1.165) is 12.3 Å². The molecule has 0 aliphatic carbocycles. The smallest absolute Gasteiger partial charge is 0.189 e. The highest BCUT2D eigenvalue weighted by molar-refractivity contribution is 7.93. The van der Waals surface area contributed by atoms with Crippen LogP contribution in [-0.4, -0.2) is 29.4 Å². The molecule has 2 atom stereocenters. The molecule has 1 aliphatic rings. The summed E-state index contributed by atoms with van der Waals surface area (Å²) in [6, 6.07) is 0. The van der Waals surface area contributed by atoms with Crippen LogP contribution in [0.15, 0.2) is 16.2 Å². The molecule has 0 spiro atoms. The lowest BCUT2D eigenvalue weighted by Gasteiger charge is -2.28. The van der Waals surface area contributed by atoms with Crippen LogP contribution in [0.2, 0.25) is 0 Å². The SMILES string of the molecule is CS(=O)(=O)C1(Cl)C=C(Cl)N=C(Cl)C1Cl. The highest BCUT2D eigenvalue weighted by atomic mass is 35.5. The molecule has 0 aromatic carbocycles. The third kappa shape index (κ3) is 2.04. The van der Waals surface area contributed by atoms with Gasteiger partial charge < -0.3 is 0 Å². The molecule has 0 amide bonds. The predicted octanol–water partition coefficient (Wildman–Crippen LogP) is 2.30. The quantitative estimate of drug-likeness (QED) is 0.551. The number of aliphatic imine (C=N–C) groups is 1. The van der Waals surface area contributed by atoms with E-state index in [2.05, 4.69) is 4.99 Å². The molecule has 0 fully saturated rings. The zero-order chi connectivity index (χ0) is 11.1. The summed E-state index contributed by atoms with van der Waals surface area (Å²) in [7, 11) is -3.63. The van der Waals surface area contributed by atoms with Gasteiger partial charge in [-0.2, -0.15) is 0 Å². The Morgan fingerprint density at radius 1 is 1.50 bits per heavy atom. The number of nitrogens with zero attached hydrogens (tertiary/aromatic N) is 1. The van der Waals surface area contributed by atoms with Crippen molar-refractivity contribution < 1.29 is 8.42 Å². The first kappa shape index (κ1) is 12.6. The second-order valence-corrected chi connectivity index (χ2v) is 7.01. The van der Waals surface area contributed by atoms with Crippen LogP contribution in [0.5, 0.6) is 0 Å². The number of hydrogen-bond donors (Lipinski definition) is 0. The summed E-state index contributed by atoms with van der Waals surface area (Å²) < 4.78 is 20.9. The minimum Gasteiger partial charge on any atom is -0.227 e. The van der Waals surface area contributed by atoms with Crippen molar-refractivity contribution in [1.29, 1.82) is 0 Å². The van der Waals surface area contributed by atoms with Gasteiger partial charge in [0.1, 0.15) is 15.7 Å². The van der Waals surface area contributed by atoms with Gasteiger partial charge in [-0.25, -0.2) is 13.4 Å². The maximum absolute atomic E-state index is 11.4. The standard InChI is InChI=1S/C6H5Cl4NO2S/c1-14(12,13)6(10)2-3(7)11-5(9)4(6)8/h2,4H,1H3. The number of halogens is 4. The highest BCUT2D eigenvalue weighted by Gasteiger charge is 2.48. The fraction of sp³-hybridized carbons (Fsp3) is 0.500. The van der Waals surface area contributed by atoms with Crippen molar-refractivity contribution >= 4 is 61.4 Å². The molecule has 1 aliphatic heterocycles. The molecule has 0 N–H and O–H groups in total. The first-order valence-corrected chi connectivity index (χ1v) is 6.79. The van der Waals surface area contributed by atoms with Crippen molar-refractivity contribution in [2.24, 2.45) is 4.99 Å². The van der Waals surface area contributed by atoms with Gasteiger partial charge in [0, 0.05) is 6.26 Å². The number of hydrogen-bond acceptors (Lipinski definition) is 3. The average Bonchev–Trinajstić information content (AvgIpc) is 1.97. The lowest BCUT2D eigenvalue weighted by atomic mass is 10.2. The van der Waals surface area contributed by atoms with Crippen LogP contribution in [0.25, 0.3) is 0 Å². The fourth-order valence-electron chi connectivity index (χ4n) is 0.884. The Labute approximate surface area is 102 Å². The van der Waals surface area contributed by atoms with Gasteiger partial charge in [-0.15, -0.1) is 11.6 Å². The van der Waals surface area contributed by atoms with E-state index < -0.39 is 19.4 Å². The molecule has 1 heterocycles. The third-order valence-electron chi connectivity index (χ3n) is 1.65. The van der Waals surface area contributed by atoms with Gasteiger partial charge in [0.25, 0.3) is 0 Å². The summed E-state index contributed by atoms with van der Waals surface area (Å²) in [5.74, 6) is 0. The minimum atomic E-state index is -3.63. The van der Waals surface area contributed by atoms with E-state index in [0.29, 0.717) is 0 Å². The van der Waals surface area contributed by atoms with E-state index in [4.69, 9.17) is 46.4 Å². The van der Waals surface area contributed by atoms with Crippen molar-refractivity contribution in [3.63, 3.8) is 0 Å². The second kappa shape index (κ2) is 3.83. The Balaban J connectivity index is 3.34. The van der Waals surface area contributed by atoms with Crippen molar-refractivity contribution in [1.82, 2.24) is 0 Å². The summed E-state index contributed by atoms with van der Waals surface area (Å²) in [4.78, 5) is 3.60. The van der Waals surface area contributed by atoms with Crippen molar-refractivity contribution in [2.45, 2.75) is 9.58 Å². The molecule has 0 bridgehead atoms. The zero-order valence-electron chi connectivity index (χ0n) is 6.84. The van der Waals surface area contributed by atoms with Crippen LogP contribution in [0.1, 0.15) is 0 Å². The molecule has 3 nitrogen and oxygen atoms in total. The van der Waals surface area contributed by atoms with Crippen molar-refractivity contribution in [3.8, 4) is 0 Å². The molecule has 2 unspecified atom stereocenters. The normalized spacial score (nSPS) is 33.6. The van der Waals surface area contributed by atoms with Crippen LogP contribution >= 0.6 is 46.4 Å². The number of sulfone groups is 1. The van der Waals surface area contributed by atoms with Gasteiger partial charge in [0.2, 0.25) is 0 Å². The Morgan fingerprint density at radius 3 is 2.43 bits per heavy atom. The van der Waals surface area contributed by atoms with E-state index in [9.17, 15) is 8.42 Å². The van der Waals surface area contributed by atoms with Crippen LogP contribution < -0.4 is 0 Å². The molecule has 80 valence electrons. The molecular formula is C6H5Cl4NO2S. The average molecular weight is 297 g/mol. The topological polar surface area (TPSA) is 46.5 Å². The molecule has 0 radical (unpaired) electrons. The van der Waals surface area contributed by atoms with E-state index in [1.165, 1.54) is 0 Å². The summed E-state index contributed by atoms with van der Waals surface area (Å²) in [5.41, 5.74) is 0. The van der Waals surface area contributed by atoms with Gasteiger partial charge in [0.05, 0.1) is 0 Å². The summed E-state index contributed by atoms with van der Waals surface area (Å²) in [5, 5.41) is -1.37. The Bertz CT molecular complexity index is 416. The maximum Gasteiger partial charge on any atom is 0.189 e. The molecule has 14 heavy (non-hydrogen) atoms. The largest absolute Gasteiger partial charge is 0.227 e. The van der Waals surface area contributed by atoms with Crippen LogP contribution in [0, 0.1) is 0 Å². The Kier molecular flexibility index (Phi) is 3.44. The lowest BCUT2D eigenvalue weighted by Crippen LogP contribution is -2.44. The number of rotatable bonds is 1. The van der Waals surface area contributed by atoms with E-state index >= 15 is 0 Å². The first-order valence-electron chi connectivity index (χ1n) is 3.33. The Hall–Kier alpha value is 0.520. The van der Waals surface area contributed by atoms with Gasteiger partial charge >= 0.3 is 0 Å². The van der Waals surface area contributed by atoms with Crippen LogP contribution in [-0.2, 0) is 9.84 Å². The third-order valence-corrected chi connectivity index (χ3v) is 5.71. The minimum absolute atomic E-state index is 0.0904. The number of alkyl halides is 2. The maximum atomic E-state index is 11.4. The fourth-order valence-corrected chi connectivity index (χ4v) is 3.31. The van der Waals surface area contributed by atoms with Gasteiger partial charge in [0.15, 0.2) is 14.0 Å². The Morgan fingerprint density at radius 2 is 2.00 bits per heavy atom. The zero-order valence-corrected chi connectivity index (χ0v) is 10.7. The van der Waals surface area contributed by atoms with E-state index in [1.54, 1.807) is 0 Å². The second-order valence-electron chi connectivity index (χ2n) is 2.73. The summed E-state index contributed by atoms with van der Waals surface area (Å²) in [6.07, 6.45) is 2.01. The van der Waals surface area contributed by atoms with Crippen LogP contribution in [0.3, 0.4) is 0 Å². The first-order chi connectivity index (χ1) is 6.18. The molecule has 8 heteroatoms. The molecule has 0 aromatic heterocycles. The molecule has 0 saturated carbocycles. The summed E-state index contributed by atoms with van der Waals surface area (Å²) >= 11 is 22.7. The lowest BCUT2D eigenvalue weighted by molar-refractivity contribution is 0.590. The molecule has 1 rings (SSSR count). The van der Waals surface area contributed by atoms with Crippen LogP contribution in [0.4, 0.5) is 0 Å². The molecular weight excluding hydrogens is 292 g/mol. The van der Waals surface area contributed by atoms with Crippen molar-refractivity contribution in [2.75, 3.05) is 6.26 Å². The van der Waals surface area contributed by atoms with Gasteiger partial charge in [-0.05, 0) is 6.08 Å². The van der Waals surface area contributed by atoms with E-state index in [-0.39, 0.29) is 10.3 Å². The predicted molar refractivity (Wildman–Crippen MR) is 60.3 cm³/mol.